The van der Waals surface area contributed by atoms with Gasteiger partial charge in [-0.3, -0.25) is 14.3 Å². The molecule has 0 fully saturated rings. The van der Waals surface area contributed by atoms with Gasteiger partial charge < -0.3 is 4.74 Å². The first-order chi connectivity index (χ1) is 13.0. The molecule has 0 aliphatic carbocycles. The lowest BCUT2D eigenvalue weighted by atomic mass is 10.1. The number of nitrogens with one attached hydrogen (secondary N) is 1. The summed E-state index contributed by atoms with van der Waals surface area (Å²) in [5.41, 5.74) is 1.02. The summed E-state index contributed by atoms with van der Waals surface area (Å²) in [6.07, 6.45) is -4.88. The number of benzene rings is 2. The second kappa shape index (κ2) is 8.93. The van der Waals surface area contributed by atoms with E-state index in [1.54, 1.807) is 0 Å². The normalized spacial score (nSPS) is 11.7. The summed E-state index contributed by atoms with van der Waals surface area (Å²) in [7, 11) is -1.77. The Morgan fingerprint density at radius 3 is 2.36 bits per heavy atom. The van der Waals surface area contributed by atoms with Gasteiger partial charge in [-0.1, -0.05) is 11.8 Å². The molecule has 1 N–H and O–H groups in total. The molecule has 0 aromatic heterocycles. The molecule has 1 atom stereocenters. The summed E-state index contributed by atoms with van der Waals surface area (Å²) in [6, 6.07) is 7.89. The number of ketones is 1. The lowest BCUT2D eigenvalue weighted by Crippen LogP contribution is -2.18. The third-order valence-electron chi connectivity index (χ3n) is 3.25. The molecule has 0 spiro atoms. The number of hydrogen-bond donors (Lipinski definition) is 1. The van der Waals surface area contributed by atoms with Crippen molar-refractivity contribution in [3.8, 4) is 5.75 Å². The number of halogens is 3. The van der Waals surface area contributed by atoms with Gasteiger partial charge in [-0.25, -0.2) is 8.42 Å². The highest BCUT2D eigenvalue weighted by Crippen LogP contribution is 2.25. The summed E-state index contributed by atoms with van der Waals surface area (Å²) >= 11 is 0.804. The number of sulfonamides is 1. The third kappa shape index (κ3) is 6.22. The molecule has 0 saturated carbocycles. The van der Waals surface area contributed by atoms with Crippen molar-refractivity contribution in [1.29, 1.82) is 0 Å². The standard InChI is InChI=1S/C16H13F3NO5PS2/c17-16(18,19)25-11-2-4-12(5-3-11)28(23,24)20-10-1-6-13(15(26)7-10)14(22)8-27-9-21/h1-7,9,20H,8,26H2. The van der Waals surface area contributed by atoms with Crippen LogP contribution in [0.5, 0.6) is 5.75 Å². The van der Waals surface area contributed by atoms with Crippen LogP contribution in [0.3, 0.4) is 0 Å². The number of carbonyl (C=O) groups is 2. The second-order valence-electron chi connectivity index (χ2n) is 5.26. The van der Waals surface area contributed by atoms with Gasteiger partial charge in [0.05, 0.1) is 10.6 Å². The average Bonchev–Trinajstić information content (AvgIpc) is 2.58. The molecule has 1 unspecified atom stereocenters. The summed E-state index contributed by atoms with van der Waals surface area (Å²) in [6.45, 7) is 0. The van der Waals surface area contributed by atoms with E-state index in [4.69, 9.17) is 0 Å². The molecular weight excluding hydrogens is 438 g/mol. The van der Waals surface area contributed by atoms with Crippen LogP contribution in [-0.4, -0.2) is 31.9 Å². The monoisotopic (exact) mass is 451 g/mol. The smallest absolute Gasteiger partial charge is 0.406 e. The van der Waals surface area contributed by atoms with Gasteiger partial charge in [-0.05, 0) is 47.8 Å². The first-order valence-electron chi connectivity index (χ1n) is 7.38. The summed E-state index contributed by atoms with van der Waals surface area (Å²) < 4.78 is 67.2. The van der Waals surface area contributed by atoms with Crippen molar-refractivity contribution in [3.63, 3.8) is 0 Å². The lowest BCUT2D eigenvalue weighted by Gasteiger charge is -2.12. The van der Waals surface area contributed by atoms with Crippen molar-refractivity contribution in [2.24, 2.45) is 0 Å². The van der Waals surface area contributed by atoms with Crippen LogP contribution < -0.4 is 14.8 Å². The fourth-order valence-corrected chi connectivity index (χ4v) is 3.96. The minimum Gasteiger partial charge on any atom is -0.406 e. The highest BCUT2D eigenvalue weighted by molar-refractivity contribution is 8.12. The summed E-state index contributed by atoms with van der Waals surface area (Å²) in [5, 5.41) is 0.422. The maximum absolute atomic E-state index is 12.4. The molecule has 0 radical (unpaired) electrons. The van der Waals surface area contributed by atoms with Crippen molar-refractivity contribution in [1.82, 2.24) is 0 Å². The van der Waals surface area contributed by atoms with Crippen LogP contribution in [0.1, 0.15) is 10.4 Å². The highest BCUT2D eigenvalue weighted by Gasteiger charge is 2.31. The predicted octanol–water partition coefficient (Wildman–Crippen LogP) is 2.99. The van der Waals surface area contributed by atoms with Crippen molar-refractivity contribution >= 4 is 53.4 Å². The summed E-state index contributed by atoms with van der Waals surface area (Å²) in [5.74, 6) is -0.881. The molecule has 150 valence electrons. The zero-order valence-electron chi connectivity index (χ0n) is 13.9. The van der Waals surface area contributed by atoms with Crippen LogP contribution in [-0.2, 0) is 14.8 Å². The minimum absolute atomic E-state index is 0.0394. The Morgan fingerprint density at radius 1 is 1.18 bits per heavy atom. The van der Waals surface area contributed by atoms with Crippen molar-refractivity contribution in [2.45, 2.75) is 11.3 Å². The second-order valence-corrected chi connectivity index (χ2v) is 8.38. The van der Waals surface area contributed by atoms with Crippen molar-refractivity contribution in [2.75, 3.05) is 10.5 Å². The van der Waals surface area contributed by atoms with Gasteiger partial charge in [0, 0.05) is 11.3 Å². The zero-order chi connectivity index (χ0) is 20.9. The van der Waals surface area contributed by atoms with E-state index in [9.17, 15) is 31.2 Å². The Morgan fingerprint density at radius 2 is 1.82 bits per heavy atom. The van der Waals surface area contributed by atoms with Crippen molar-refractivity contribution < 1.29 is 35.9 Å². The largest absolute Gasteiger partial charge is 0.573 e. The average molecular weight is 451 g/mol. The van der Waals surface area contributed by atoms with Gasteiger partial charge in [-0.15, -0.1) is 22.4 Å². The Labute approximate surface area is 165 Å². The maximum atomic E-state index is 12.4. The number of hydrogen-bond acceptors (Lipinski definition) is 6. The molecule has 28 heavy (non-hydrogen) atoms. The number of Topliss-reactive ketones (excluding diaryl/α,β-unsaturated/α-hetero) is 1. The SMILES string of the molecule is O=CSCC(=O)c1ccc(NS(=O)(=O)c2ccc(OC(F)(F)F)cc2)cc1P. The lowest BCUT2D eigenvalue weighted by molar-refractivity contribution is -0.274. The van der Waals surface area contributed by atoms with E-state index in [2.05, 4.69) is 18.7 Å². The molecule has 12 heteroatoms. The van der Waals surface area contributed by atoms with E-state index in [-0.39, 0.29) is 22.1 Å². The summed E-state index contributed by atoms with van der Waals surface area (Å²) in [4.78, 5) is 22.0. The molecule has 0 aliphatic rings. The number of anilines is 1. The Kier molecular flexibility index (Phi) is 7.08. The van der Waals surface area contributed by atoms with Gasteiger partial charge in [0.1, 0.15) is 5.75 Å². The first-order valence-corrected chi connectivity index (χ1v) is 10.5. The molecule has 2 aromatic rings. The minimum atomic E-state index is -4.88. The van der Waals surface area contributed by atoms with Crippen LogP contribution in [0.4, 0.5) is 18.9 Å². The maximum Gasteiger partial charge on any atom is 0.573 e. The Hall–Kier alpha value is -2.10. The molecule has 0 saturated heterocycles. The third-order valence-corrected chi connectivity index (χ3v) is 5.69. The number of rotatable bonds is 8. The van der Waals surface area contributed by atoms with E-state index < -0.39 is 22.1 Å². The molecule has 0 heterocycles. The van der Waals surface area contributed by atoms with E-state index in [0.29, 0.717) is 16.5 Å². The van der Waals surface area contributed by atoms with Gasteiger partial charge in [-0.2, -0.15) is 0 Å². The van der Waals surface area contributed by atoms with Crippen LogP contribution in [0, 0.1) is 0 Å². The molecule has 6 nitrogen and oxygen atoms in total. The van der Waals surface area contributed by atoms with Crippen LogP contribution >= 0.6 is 21.0 Å². The van der Waals surface area contributed by atoms with E-state index >= 15 is 0 Å². The molecule has 0 aliphatic heterocycles. The molecule has 2 rings (SSSR count). The molecule has 0 bridgehead atoms. The van der Waals surface area contributed by atoms with Gasteiger partial charge in [0.15, 0.2) is 11.4 Å². The molecule has 2 aromatic carbocycles. The van der Waals surface area contributed by atoms with Crippen LogP contribution in [0.2, 0.25) is 0 Å². The van der Waals surface area contributed by atoms with Crippen molar-refractivity contribution in [3.05, 3.63) is 48.0 Å². The highest BCUT2D eigenvalue weighted by atomic mass is 32.2. The number of carbonyl (C=O) groups excluding carboxylic acids is 2. The van der Waals surface area contributed by atoms with E-state index in [1.807, 2.05) is 0 Å². The molecule has 0 amide bonds. The van der Waals surface area contributed by atoms with E-state index in [1.165, 1.54) is 18.2 Å². The Balaban J connectivity index is 2.16. The van der Waals surface area contributed by atoms with Gasteiger partial charge in [0.25, 0.3) is 10.0 Å². The van der Waals surface area contributed by atoms with Crippen LogP contribution in [0.25, 0.3) is 0 Å². The van der Waals surface area contributed by atoms with E-state index in [0.717, 1.165) is 36.0 Å². The fourth-order valence-electron chi connectivity index (χ4n) is 2.10. The first kappa shape index (κ1) is 22.2. The topological polar surface area (TPSA) is 89.5 Å². The van der Waals surface area contributed by atoms with Gasteiger partial charge in [0.2, 0.25) is 0 Å². The Bertz CT molecular complexity index is 979. The number of ether oxygens (including phenoxy) is 1. The fraction of sp³-hybridized carbons (Fsp3) is 0.125. The van der Waals surface area contributed by atoms with Crippen LogP contribution in [0.15, 0.2) is 47.4 Å². The number of alkyl halides is 3. The van der Waals surface area contributed by atoms with Gasteiger partial charge >= 0.3 is 6.36 Å². The quantitative estimate of drug-likeness (QED) is 0.377. The number of thioether (sulfide) groups is 1. The molecular formula is C16H13F3NO5PS2. The predicted molar refractivity (Wildman–Crippen MR) is 103 cm³/mol. The zero-order valence-corrected chi connectivity index (χ0v) is 16.7.